The molecule has 1 aromatic heterocycles. The molecule has 2 aromatic carbocycles. The van der Waals surface area contributed by atoms with Gasteiger partial charge < -0.3 is 10.0 Å². The number of aromatic carboxylic acids is 1. The van der Waals surface area contributed by atoms with E-state index in [1.807, 2.05) is 60.7 Å². The van der Waals surface area contributed by atoms with Gasteiger partial charge in [-0.1, -0.05) is 48.5 Å². The molecule has 1 N–H and O–H groups in total. The third kappa shape index (κ3) is 4.13. The van der Waals surface area contributed by atoms with Crippen LogP contribution >= 0.6 is 0 Å². The third-order valence-electron chi connectivity index (χ3n) is 4.01. The fraction of sp³-hybridized carbons (Fsp3) is 0.0952. The van der Waals surface area contributed by atoms with Gasteiger partial charge in [0, 0.05) is 18.4 Å². The van der Waals surface area contributed by atoms with E-state index in [0.29, 0.717) is 13.0 Å². The number of anilines is 1. The summed E-state index contributed by atoms with van der Waals surface area (Å²) in [4.78, 5) is 29.6. The van der Waals surface area contributed by atoms with Gasteiger partial charge in [0.05, 0.1) is 5.56 Å². The molecule has 0 bridgehead atoms. The Bertz CT molecular complexity index is 878. The van der Waals surface area contributed by atoms with Gasteiger partial charge in [-0.15, -0.1) is 0 Å². The van der Waals surface area contributed by atoms with Crippen molar-refractivity contribution in [3.8, 4) is 0 Å². The van der Waals surface area contributed by atoms with Gasteiger partial charge in [0.25, 0.3) is 5.91 Å². The van der Waals surface area contributed by atoms with Crippen molar-refractivity contribution in [2.24, 2.45) is 0 Å². The fourth-order valence-corrected chi connectivity index (χ4v) is 2.63. The van der Waals surface area contributed by atoms with Gasteiger partial charge in [-0.2, -0.15) is 0 Å². The van der Waals surface area contributed by atoms with E-state index in [9.17, 15) is 9.59 Å². The molecule has 0 atom stereocenters. The van der Waals surface area contributed by atoms with Crippen LogP contribution in [0.4, 0.5) is 5.69 Å². The molecule has 3 rings (SSSR count). The van der Waals surface area contributed by atoms with E-state index in [1.165, 1.54) is 18.3 Å². The monoisotopic (exact) mass is 346 g/mol. The summed E-state index contributed by atoms with van der Waals surface area (Å²) in [7, 11) is 0. The molecule has 0 radical (unpaired) electrons. The maximum atomic E-state index is 13.0. The molecule has 0 saturated carbocycles. The minimum absolute atomic E-state index is 0.0529. The molecule has 1 heterocycles. The Hall–Kier alpha value is -3.47. The summed E-state index contributed by atoms with van der Waals surface area (Å²) in [5.41, 5.74) is 2.18. The maximum absolute atomic E-state index is 13.0. The number of carbonyl (C=O) groups is 2. The molecule has 1 amide bonds. The van der Waals surface area contributed by atoms with Crippen molar-refractivity contribution in [2.75, 3.05) is 11.4 Å². The second-order valence-electron chi connectivity index (χ2n) is 5.77. The second kappa shape index (κ2) is 8.07. The Labute approximate surface area is 151 Å². The number of carbonyl (C=O) groups excluding carboxylic acids is 1. The van der Waals surface area contributed by atoms with Crippen molar-refractivity contribution >= 4 is 17.6 Å². The fourth-order valence-electron chi connectivity index (χ4n) is 2.63. The van der Waals surface area contributed by atoms with Crippen molar-refractivity contribution < 1.29 is 14.7 Å². The lowest BCUT2D eigenvalue weighted by molar-refractivity contribution is 0.0695. The van der Waals surface area contributed by atoms with Crippen LogP contribution in [0.15, 0.2) is 79.0 Å². The molecule has 0 spiro atoms. The highest BCUT2D eigenvalue weighted by molar-refractivity contribution is 6.05. The first-order valence-electron chi connectivity index (χ1n) is 8.25. The van der Waals surface area contributed by atoms with Crippen molar-refractivity contribution in [1.29, 1.82) is 0 Å². The van der Waals surface area contributed by atoms with E-state index in [1.54, 1.807) is 4.90 Å². The van der Waals surface area contributed by atoms with Gasteiger partial charge in [0.1, 0.15) is 5.69 Å². The normalized spacial score (nSPS) is 10.3. The summed E-state index contributed by atoms with van der Waals surface area (Å²) in [6, 6.07) is 22.2. The standard InChI is InChI=1S/C21H18N2O3/c24-20(19-12-11-17(15-22-19)21(25)26)23(18-9-5-2-6-10-18)14-13-16-7-3-1-4-8-16/h1-12,15H,13-14H2,(H,25,26). The number of nitrogens with zero attached hydrogens (tertiary/aromatic N) is 2. The number of hydrogen-bond acceptors (Lipinski definition) is 3. The number of amides is 1. The summed E-state index contributed by atoms with van der Waals surface area (Å²) >= 11 is 0. The minimum Gasteiger partial charge on any atom is -0.478 e. The summed E-state index contributed by atoms with van der Waals surface area (Å²) in [6.07, 6.45) is 1.91. The van der Waals surface area contributed by atoms with E-state index in [-0.39, 0.29) is 17.2 Å². The Morgan fingerprint density at radius 3 is 2.12 bits per heavy atom. The highest BCUT2D eigenvalue weighted by atomic mass is 16.4. The topological polar surface area (TPSA) is 70.5 Å². The van der Waals surface area contributed by atoms with Gasteiger partial charge in [0.15, 0.2) is 0 Å². The summed E-state index contributed by atoms with van der Waals surface area (Å²) in [6.45, 7) is 0.495. The largest absolute Gasteiger partial charge is 0.478 e. The number of carboxylic acids is 1. The summed E-state index contributed by atoms with van der Waals surface area (Å²) in [5, 5.41) is 8.98. The van der Waals surface area contributed by atoms with E-state index in [0.717, 1.165) is 11.3 Å². The van der Waals surface area contributed by atoms with Crippen molar-refractivity contribution in [3.05, 3.63) is 95.8 Å². The number of benzene rings is 2. The molecular formula is C21H18N2O3. The minimum atomic E-state index is -1.07. The van der Waals surface area contributed by atoms with Gasteiger partial charge in [0.2, 0.25) is 0 Å². The maximum Gasteiger partial charge on any atom is 0.337 e. The molecule has 3 aromatic rings. The Morgan fingerprint density at radius 2 is 1.54 bits per heavy atom. The molecular weight excluding hydrogens is 328 g/mol. The molecule has 0 aliphatic carbocycles. The number of aromatic nitrogens is 1. The number of hydrogen-bond donors (Lipinski definition) is 1. The quantitative estimate of drug-likeness (QED) is 0.739. The van der Waals surface area contributed by atoms with E-state index >= 15 is 0 Å². The van der Waals surface area contributed by atoms with Crippen molar-refractivity contribution in [3.63, 3.8) is 0 Å². The Kier molecular flexibility index (Phi) is 5.39. The van der Waals surface area contributed by atoms with Crippen LogP contribution in [0.1, 0.15) is 26.4 Å². The van der Waals surface area contributed by atoms with Crippen LogP contribution in [-0.4, -0.2) is 28.5 Å². The van der Waals surface area contributed by atoms with Crippen LogP contribution in [0.5, 0.6) is 0 Å². The van der Waals surface area contributed by atoms with Crippen LogP contribution in [-0.2, 0) is 6.42 Å². The highest BCUT2D eigenvalue weighted by Gasteiger charge is 2.19. The molecule has 5 nitrogen and oxygen atoms in total. The first kappa shape index (κ1) is 17.4. The van der Waals surface area contributed by atoms with Gasteiger partial charge in [-0.05, 0) is 36.2 Å². The van der Waals surface area contributed by atoms with Crippen molar-refractivity contribution in [1.82, 2.24) is 4.98 Å². The SMILES string of the molecule is O=C(O)c1ccc(C(=O)N(CCc2ccccc2)c2ccccc2)nc1. The average molecular weight is 346 g/mol. The first-order valence-corrected chi connectivity index (χ1v) is 8.25. The Balaban J connectivity index is 1.84. The van der Waals surface area contributed by atoms with Crippen LogP contribution in [0.3, 0.4) is 0 Å². The van der Waals surface area contributed by atoms with Gasteiger partial charge >= 0.3 is 5.97 Å². The number of pyridine rings is 1. The summed E-state index contributed by atoms with van der Waals surface area (Å²) < 4.78 is 0. The van der Waals surface area contributed by atoms with E-state index < -0.39 is 5.97 Å². The zero-order valence-electron chi connectivity index (χ0n) is 14.1. The molecule has 0 saturated heterocycles. The Morgan fingerprint density at radius 1 is 0.885 bits per heavy atom. The molecule has 0 aliphatic rings. The van der Waals surface area contributed by atoms with Gasteiger partial charge in [-0.3, -0.25) is 9.78 Å². The van der Waals surface area contributed by atoms with Crippen LogP contribution < -0.4 is 4.90 Å². The number of carboxylic acid groups (broad SMARTS) is 1. The molecule has 0 aliphatic heterocycles. The molecule has 26 heavy (non-hydrogen) atoms. The molecule has 130 valence electrons. The van der Waals surface area contributed by atoms with Crippen LogP contribution in [0, 0.1) is 0 Å². The number of rotatable bonds is 6. The lowest BCUT2D eigenvalue weighted by Gasteiger charge is -2.22. The van der Waals surface area contributed by atoms with E-state index in [2.05, 4.69) is 4.98 Å². The first-order chi connectivity index (χ1) is 12.6. The molecule has 0 fully saturated rings. The van der Waals surface area contributed by atoms with E-state index in [4.69, 9.17) is 5.11 Å². The van der Waals surface area contributed by atoms with Crippen LogP contribution in [0.25, 0.3) is 0 Å². The molecule has 0 unspecified atom stereocenters. The average Bonchev–Trinajstić information content (AvgIpc) is 2.69. The second-order valence-corrected chi connectivity index (χ2v) is 5.77. The van der Waals surface area contributed by atoms with Crippen molar-refractivity contribution in [2.45, 2.75) is 6.42 Å². The smallest absolute Gasteiger partial charge is 0.337 e. The predicted molar refractivity (Wildman–Crippen MR) is 99.5 cm³/mol. The number of para-hydroxylation sites is 1. The molecule has 5 heteroatoms. The zero-order valence-corrected chi connectivity index (χ0v) is 14.1. The lowest BCUT2D eigenvalue weighted by Crippen LogP contribution is -2.33. The summed E-state index contributed by atoms with van der Waals surface area (Å²) in [5.74, 6) is -1.33. The highest BCUT2D eigenvalue weighted by Crippen LogP contribution is 2.17. The zero-order chi connectivity index (χ0) is 18.4. The lowest BCUT2D eigenvalue weighted by atomic mass is 10.1. The van der Waals surface area contributed by atoms with Gasteiger partial charge in [-0.25, -0.2) is 4.79 Å². The van der Waals surface area contributed by atoms with Crippen LogP contribution in [0.2, 0.25) is 0 Å². The predicted octanol–water partition coefficient (Wildman–Crippen LogP) is 3.67. The third-order valence-corrected chi connectivity index (χ3v) is 4.01.